The number of alkyl halides is 1. The summed E-state index contributed by atoms with van der Waals surface area (Å²) in [5.41, 5.74) is 4.78. The highest BCUT2D eigenvalue weighted by molar-refractivity contribution is 9.09. The highest BCUT2D eigenvalue weighted by Gasteiger charge is 2.35. The lowest BCUT2D eigenvalue weighted by atomic mass is 10.00. The number of hydrogen-bond acceptors (Lipinski definition) is 2. The van der Waals surface area contributed by atoms with E-state index in [0.29, 0.717) is 5.33 Å². The van der Waals surface area contributed by atoms with Gasteiger partial charge in [0.25, 0.3) is 0 Å². The largest absolute Gasteiger partial charge is 0.345 e. The van der Waals surface area contributed by atoms with E-state index in [1.165, 1.54) is 16.7 Å². The first-order chi connectivity index (χ1) is 10.2. The Bertz CT molecular complexity index is 584. The summed E-state index contributed by atoms with van der Waals surface area (Å²) in [6.45, 7) is 3.58. The summed E-state index contributed by atoms with van der Waals surface area (Å²) in [5, 5.41) is 0.643. The molecule has 0 aromatic heterocycles. The van der Waals surface area contributed by atoms with E-state index in [1.54, 1.807) is 0 Å². The van der Waals surface area contributed by atoms with E-state index in [0.717, 1.165) is 25.2 Å². The van der Waals surface area contributed by atoms with Gasteiger partial charge in [-0.15, -0.1) is 0 Å². The summed E-state index contributed by atoms with van der Waals surface area (Å²) in [4.78, 5) is 0. The fraction of sp³-hybridized carbons (Fsp3) is 0.333. The third kappa shape index (κ3) is 3.05. The molecule has 0 N–H and O–H groups in total. The van der Waals surface area contributed by atoms with E-state index in [2.05, 4.69) is 71.4 Å². The minimum atomic E-state index is -0.635. The van der Waals surface area contributed by atoms with E-state index < -0.39 is 5.79 Å². The molecule has 0 radical (unpaired) electrons. The van der Waals surface area contributed by atoms with Crippen LogP contribution in [-0.2, 0) is 15.3 Å². The van der Waals surface area contributed by atoms with Crippen LogP contribution in [0, 0.1) is 6.92 Å². The van der Waals surface area contributed by atoms with Crippen molar-refractivity contribution in [3.05, 3.63) is 59.7 Å². The standard InChI is InChI=1S/C18H19BrO2/c1-14-3-5-15(6-4-14)16-7-9-17(10-8-16)18(13-19)20-11-2-12-21-18/h3-10H,2,11-13H2,1H3. The van der Waals surface area contributed by atoms with Gasteiger partial charge in [0.05, 0.1) is 18.5 Å². The van der Waals surface area contributed by atoms with Gasteiger partial charge in [0.15, 0.2) is 0 Å². The van der Waals surface area contributed by atoms with Gasteiger partial charge in [-0.2, -0.15) is 0 Å². The van der Waals surface area contributed by atoms with Gasteiger partial charge in [0.1, 0.15) is 0 Å². The first-order valence-electron chi connectivity index (χ1n) is 7.25. The molecule has 3 heteroatoms. The molecule has 1 heterocycles. The lowest BCUT2D eigenvalue weighted by Crippen LogP contribution is -2.39. The number of ether oxygens (including phenoxy) is 2. The third-order valence-corrected chi connectivity index (χ3v) is 4.58. The predicted octanol–water partition coefficient (Wildman–Crippen LogP) is 4.65. The molecule has 1 aliphatic rings. The van der Waals surface area contributed by atoms with Crippen molar-refractivity contribution in [2.45, 2.75) is 19.1 Å². The van der Waals surface area contributed by atoms with Crippen LogP contribution in [0.15, 0.2) is 48.5 Å². The van der Waals surface area contributed by atoms with E-state index in [-0.39, 0.29) is 0 Å². The Labute approximate surface area is 134 Å². The summed E-state index contributed by atoms with van der Waals surface area (Å²) in [7, 11) is 0. The number of aryl methyl sites for hydroxylation is 1. The van der Waals surface area contributed by atoms with Gasteiger partial charge in [-0.25, -0.2) is 0 Å². The molecule has 0 bridgehead atoms. The monoisotopic (exact) mass is 346 g/mol. The summed E-state index contributed by atoms with van der Waals surface area (Å²) in [5.74, 6) is -0.635. The van der Waals surface area contributed by atoms with Crippen LogP contribution in [0.3, 0.4) is 0 Å². The van der Waals surface area contributed by atoms with Gasteiger partial charge in [0.2, 0.25) is 5.79 Å². The van der Waals surface area contributed by atoms with Gasteiger partial charge < -0.3 is 9.47 Å². The second kappa shape index (κ2) is 6.30. The molecular weight excluding hydrogens is 328 g/mol. The van der Waals surface area contributed by atoms with Crippen molar-refractivity contribution in [2.24, 2.45) is 0 Å². The maximum Gasteiger partial charge on any atom is 0.204 e. The molecule has 0 unspecified atom stereocenters. The molecule has 21 heavy (non-hydrogen) atoms. The van der Waals surface area contributed by atoms with Crippen LogP contribution >= 0.6 is 15.9 Å². The molecule has 2 nitrogen and oxygen atoms in total. The highest BCUT2D eigenvalue weighted by atomic mass is 79.9. The van der Waals surface area contributed by atoms with Crippen LogP contribution < -0.4 is 0 Å². The maximum absolute atomic E-state index is 5.89. The van der Waals surface area contributed by atoms with Crippen molar-refractivity contribution in [3.63, 3.8) is 0 Å². The van der Waals surface area contributed by atoms with Gasteiger partial charge in [0, 0.05) is 5.56 Å². The van der Waals surface area contributed by atoms with E-state index in [4.69, 9.17) is 9.47 Å². The number of benzene rings is 2. The molecule has 2 aromatic rings. The third-order valence-electron chi connectivity index (χ3n) is 3.84. The topological polar surface area (TPSA) is 18.5 Å². The predicted molar refractivity (Wildman–Crippen MR) is 88.6 cm³/mol. The van der Waals surface area contributed by atoms with Crippen LogP contribution in [0.5, 0.6) is 0 Å². The van der Waals surface area contributed by atoms with Crippen molar-refractivity contribution in [1.82, 2.24) is 0 Å². The van der Waals surface area contributed by atoms with Gasteiger partial charge in [-0.3, -0.25) is 0 Å². The van der Waals surface area contributed by atoms with Crippen molar-refractivity contribution in [3.8, 4) is 11.1 Å². The quantitative estimate of drug-likeness (QED) is 0.753. The van der Waals surface area contributed by atoms with Crippen LogP contribution in [0.1, 0.15) is 17.5 Å². The van der Waals surface area contributed by atoms with Crippen LogP contribution in [0.25, 0.3) is 11.1 Å². The smallest absolute Gasteiger partial charge is 0.204 e. The Morgan fingerprint density at radius 3 is 1.95 bits per heavy atom. The van der Waals surface area contributed by atoms with Crippen LogP contribution in [0.2, 0.25) is 0 Å². The van der Waals surface area contributed by atoms with Crippen LogP contribution in [0.4, 0.5) is 0 Å². The Morgan fingerprint density at radius 1 is 0.905 bits per heavy atom. The van der Waals surface area contributed by atoms with Crippen molar-refractivity contribution < 1.29 is 9.47 Å². The van der Waals surface area contributed by atoms with Crippen molar-refractivity contribution >= 4 is 15.9 Å². The first kappa shape index (κ1) is 14.8. The van der Waals surface area contributed by atoms with E-state index >= 15 is 0 Å². The number of rotatable bonds is 3. The average Bonchev–Trinajstić information content (AvgIpc) is 2.56. The van der Waals surface area contributed by atoms with Crippen LogP contribution in [-0.4, -0.2) is 18.5 Å². The molecule has 2 aromatic carbocycles. The Hall–Kier alpha value is -1.16. The van der Waals surface area contributed by atoms with E-state index in [1.807, 2.05) is 0 Å². The number of hydrogen-bond donors (Lipinski definition) is 0. The van der Waals surface area contributed by atoms with Gasteiger partial charge >= 0.3 is 0 Å². The zero-order valence-corrected chi connectivity index (χ0v) is 13.7. The lowest BCUT2D eigenvalue weighted by Gasteiger charge is -2.36. The fourth-order valence-electron chi connectivity index (χ4n) is 2.56. The molecule has 0 spiro atoms. The summed E-state index contributed by atoms with van der Waals surface area (Å²) in [6, 6.07) is 17.0. The summed E-state index contributed by atoms with van der Waals surface area (Å²) in [6.07, 6.45) is 0.955. The minimum Gasteiger partial charge on any atom is -0.345 e. The maximum atomic E-state index is 5.89. The molecule has 0 atom stereocenters. The lowest BCUT2D eigenvalue weighted by molar-refractivity contribution is -0.260. The minimum absolute atomic E-state index is 0.635. The molecule has 0 aliphatic carbocycles. The fourth-order valence-corrected chi connectivity index (χ4v) is 3.21. The zero-order chi connectivity index (χ0) is 14.7. The van der Waals surface area contributed by atoms with E-state index in [9.17, 15) is 0 Å². The average molecular weight is 347 g/mol. The van der Waals surface area contributed by atoms with Gasteiger partial charge in [-0.05, 0) is 24.5 Å². The Morgan fingerprint density at radius 2 is 1.43 bits per heavy atom. The zero-order valence-electron chi connectivity index (χ0n) is 12.1. The molecule has 1 fully saturated rings. The van der Waals surface area contributed by atoms with Gasteiger partial charge in [-0.1, -0.05) is 70.0 Å². The van der Waals surface area contributed by atoms with Crippen molar-refractivity contribution in [2.75, 3.05) is 18.5 Å². The number of halogens is 1. The molecule has 0 amide bonds. The second-order valence-electron chi connectivity index (χ2n) is 5.38. The SMILES string of the molecule is Cc1ccc(-c2ccc(C3(CBr)OCCCO3)cc2)cc1. The first-order valence-corrected chi connectivity index (χ1v) is 8.37. The molecule has 0 saturated carbocycles. The Kier molecular flexibility index (Phi) is 4.43. The van der Waals surface area contributed by atoms with Crippen molar-refractivity contribution in [1.29, 1.82) is 0 Å². The molecule has 3 rings (SSSR count). The highest BCUT2D eigenvalue weighted by Crippen LogP contribution is 2.33. The molecular formula is C18H19BrO2. The summed E-state index contributed by atoms with van der Waals surface area (Å²) < 4.78 is 11.8. The molecule has 110 valence electrons. The Balaban J connectivity index is 1.88. The summed E-state index contributed by atoms with van der Waals surface area (Å²) >= 11 is 3.53. The molecule has 1 aliphatic heterocycles. The molecule has 1 saturated heterocycles. The second-order valence-corrected chi connectivity index (χ2v) is 5.94. The normalized spacial score (nSPS) is 17.6.